The van der Waals surface area contributed by atoms with Crippen LogP contribution in [0.25, 0.3) is 0 Å². The van der Waals surface area contributed by atoms with Gasteiger partial charge in [0.25, 0.3) is 5.91 Å². The predicted molar refractivity (Wildman–Crippen MR) is 107 cm³/mol. The third kappa shape index (κ3) is 2.97. The molecule has 0 aromatic carbocycles. The number of carbonyl (C=O) groups is 2. The highest BCUT2D eigenvalue weighted by Gasteiger charge is 2.51. The zero-order valence-corrected chi connectivity index (χ0v) is 16.6. The molecule has 0 radical (unpaired) electrons. The molecule has 1 aliphatic carbocycles. The predicted octanol–water partition coefficient (Wildman–Crippen LogP) is 1.77. The molecule has 152 valence electrons. The second-order valence-corrected chi connectivity index (χ2v) is 8.25. The molecular formula is C21H26N6O2. The highest BCUT2D eigenvalue weighted by atomic mass is 16.2. The Labute approximate surface area is 169 Å². The number of fused-ring (bicyclic) bond motifs is 2. The van der Waals surface area contributed by atoms with Crippen LogP contribution in [0.5, 0.6) is 0 Å². The van der Waals surface area contributed by atoms with Gasteiger partial charge >= 0.3 is 0 Å². The molecule has 2 aliphatic heterocycles. The number of anilines is 1. The Morgan fingerprint density at radius 3 is 2.72 bits per heavy atom. The largest absolute Gasteiger partial charge is 0.373 e. The average Bonchev–Trinajstić information content (AvgIpc) is 3.50. The molecule has 3 aliphatic rings. The first-order valence-corrected chi connectivity index (χ1v) is 10.4. The van der Waals surface area contributed by atoms with E-state index in [0.29, 0.717) is 24.5 Å². The number of H-pyrrole nitrogens is 1. The van der Waals surface area contributed by atoms with Gasteiger partial charge in [0, 0.05) is 56.5 Å². The first-order chi connectivity index (χ1) is 14.1. The van der Waals surface area contributed by atoms with Crippen molar-refractivity contribution in [2.45, 2.75) is 37.6 Å². The number of likely N-dealkylation sites (tertiary alicyclic amines) is 1. The lowest BCUT2D eigenvalue weighted by atomic mass is 9.78. The van der Waals surface area contributed by atoms with Crippen molar-refractivity contribution in [3.8, 4) is 0 Å². The number of hydrogen-bond acceptors (Lipinski definition) is 5. The molecule has 2 aromatic rings. The van der Waals surface area contributed by atoms with Crippen LogP contribution in [0, 0.1) is 5.92 Å². The summed E-state index contributed by atoms with van der Waals surface area (Å²) in [6.07, 6.45) is 7.65. The van der Waals surface area contributed by atoms with E-state index in [4.69, 9.17) is 0 Å². The van der Waals surface area contributed by atoms with Crippen LogP contribution in [0.4, 0.5) is 5.82 Å². The molecular weight excluding hydrogens is 368 g/mol. The van der Waals surface area contributed by atoms with Gasteiger partial charge in [-0.3, -0.25) is 9.59 Å². The van der Waals surface area contributed by atoms with Crippen molar-refractivity contribution in [3.63, 3.8) is 0 Å². The van der Waals surface area contributed by atoms with Crippen molar-refractivity contribution in [3.05, 3.63) is 41.6 Å². The molecule has 2 aromatic heterocycles. The molecule has 2 N–H and O–H groups in total. The van der Waals surface area contributed by atoms with Crippen molar-refractivity contribution in [2.75, 3.05) is 32.0 Å². The quantitative estimate of drug-likeness (QED) is 0.828. The van der Waals surface area contributed by atoms with Crippen LogP contribution in [0.1, 0.15) is 47.4 Å². The van der Waals surface area contributed by atoms with Crippen LogP contribution in [0.15, 0.2) is 24.7 Å². The maximum Gasteiger partial charge on any atom is 0.254 e. The number of piperidine rings is 1. The Kier molecular flexibility index (Phi) is 4.29. The van der Waals surface area contributed by atoms with E-state index in [9.17, 15) is 9.59 Å². The summed E-state index contributed by atoms with van der Waals surface area (Å²) in [5.74, 6) is 1.14. The van der Waals surface area contributed by atoms with Gasteiger partial charge < -0.3 is 20.1 Å². The summed E-state index contributed by atoms with van der Waals surface area (Å²) in [6, 6.07) is 3.53. The minimum Gasteiger partial charge on any atom is -0.373 e. The van der Waals surface area contributed by atoms with E-state index in [-0.39, 0.29) is 17.7 Å². The van der Waals surface area contributed by atoms with Crippen molar-refractivity contribution in [1.29, 1.82) is 0 Å². The molecule has 0 atom stereocenters. The lowest BCUT2D eigenvalue weighted by molar-refractivity contribution is -0.143. The third-order valence-corrected chi connectivity index (χ3v) is 6.59. The number of aromatic nitrogens is 3. The van der Waals surface area contributed by atoms with Gasteiger partial charge in [-0.05, 0) is 37.8 Å². The van der Waals surface area contributed by atoms with Crippen molar-refractivity contribution >= 4 is 17.6 Å². The zero-order valence-electron chi connectivity index (χ0n) is 16.6. The summed E-state index contributed by atoms with van der Waals surface area (Å²) in [7, 11) is 1.79. The van der Waals surface area contributed by atoms with Gasteiger partial charge in [-0.1, -0.05) is 0 Å². The monoisotopic (exact) mass is 394 g/mol. The van der Waals surface area contributed by atoms with E-state index in [2.05, 4.69) is 25.2 Å². The van der Waals surface area contributed by atoms with E-state index in [1.807, 2.05) is 4.90 Å². The molecule has 0 bridgehead atoms. The Morgan fingerprint density at radius 1 is 1.21 bits per heavy atom. The Bertz CT molecular complexity index is 942. The van der Waals surface area contributed by atoms with Crippen LogP contribution in [-0.4, -0.2) is 63.2 Å². The average molecular weight is 394 g/mol. The van der Waals surface area contributed by atoms with Gasteiger partial charge in [0.2, 0.25) is 5.91 Å². The molecule has 5 rings (SSSR count). The number of aromatic amines is 1. The first kappa shape index (κ1) is 18.1. The molecule has 1 saturated heterocycles. The number of nitrogens with one attached hydrogen (secondary N) is 2. The highest BCUT2D eigenvalue weighted by molar-refractivity contribution is 5.95. The minimum atomic E-state index is -0.390. The Balaban J connectivity index is 1.39. The maximum atomic E-state index is 13.1. The van der Waals surface area contributed by atoms with E-state index >= 15 is 0 Å². The number of hydrogen-bond donors (Lipinski definition) is 2. The lowest BCUT2D eigenvalue weighted by Crippen LogP contribution is -2.59. The topological polar surface area (TPSA) is 94.2 Å². The third-order valence-electron chi connectivity index (χ3n) is 6.59. The Hall–Kier alpha value is -2.90. The highest BCUT2D eigenvalue weighted by Crippen LogP contribution is 2.45. The van der Waals surface area contributed by atoms with Crippen LogP contribution < -0.4 is 5.32 Å². The van der Waals surface area contributed by atoms with E-state index in [0.717, 1.165) is 50.0 Å². The van der Waals surface area contributed by atoms with Crippen LogP contribution in [0.2, 0.25) is 0 Å². The molecule has 0 unspecified atom stereocenters. The molecule has 1 saturated carbocycles. The van der Waals surface area contributed by atoms with Crippen LogP contribution in [-0.2, 0) is 16.8 Å². The standard InChI is InChI=1S/C21H26N6O2/c1-22-17-12-15(4-8-23-17)19(28)26-10-6-21(7-11-26)18-16(24-13-25-18)5-9-27(21)20(29)14-2-3-14/h4,8,12-14H,2-3,5-7,9-11H2,1H3,(H,22,23)(H,24,25). The van der Waals surface area contributed by atoms with Gasteiger partial charge in [-0.15, -0.1) is 0 Å². The number of nitrogens with zero attached hydrogens (tertiary/aromatic N) is 4. The minimum absolute atomic E-state index is 0.0110. The molecule has 1 spiro atoms. The lowest BCUT2D eigenvalue weighted by Gasteiger charge is -2.50. The number of amides is 2. The normalized spacial score (nSPS) is 20.4. The SMILES string of the molecule is CNc1cc(C(=O)N2CCC3(CC2)c2nc[nH]c2CCN3C(=O)C2CC2)ccn1. The van der Waals surface area contributed by atoms with Crippen molar-refractivity contribution < 1.29 is 9.59 Å². The second kappa shape index (κ2) is 6.86. The maximum absolute atomic E-state index is 13.1. The van der Waals surface area contributed by atoms with Crippen molar-refractivity contribution in [2.24, 2.45) is 5.92 Å². The molecule has 4 heterocycles. The molecule has 2 fully saturated rings. The van der Waals surface area contributed by atoms with Gasteiger partial charge in [0.15, 0.2) is 0 Å². The smallest absolute Gasteiger partial charge is 0.254 e. The van der Waals surface area contributed by atoms with Gasteiger partial charge in [0.1, 0.15) is 5.82 Å². The Morgan fingerprint density at radius 2 is 2.00 bits per heavy atom. The van der Waals surface area contributed by atoms with E-state index < -0.39 is 5.54 Å². The second-order valence-electron chi connectivity index (χ2n) is 8.25. The first-order valence-electron chi connectivity index (χ1n) is 10.4. The molecule has 29 heavy (non-hydrogen) atoms. The van der Waals surface area contributed by atoms with E-state index in [1.165, 1.54) is 0 Å². The number of rotatable bonds is 3. The van der Waals surface area contributed by atoms with Gasteiger partial charge in [-0.25, -0.2) is 9.97 Å². The summed E-state index contributed by atoms with van der Waals surface area (Å²) >= 11 is 0. The fraction of sp³-hybridized carbons (Fsp3) is 0.524. The number of pyridine rings is 1. The summed E-state index contributed by atoms with van der Waals surface area (Å²) < 4.78 is 0. The van der Waals surface area contributed by atoms with Gasteiger partial charge in [-0.2, -0.15) is 0 Å². The number of imidazole rings is 1. The number of carbonyl (C=O) groups excluding carboxylic acids is 2. The fourth-order valence-corrected chi connectivity index (χ4v) is 4.82. The fourth-order valence-electron chi connectivity index (χ4n) is 4.82. The zero-order chi connectivity index (χ0) is 20.0. The molecule has 8 nitrogen and oxygen atoms in total. The molecule has 2 amide bonds. The van der Waals surface area contributed by atoms with E-state index in [1.54, 1.807) is 31.7 Å². The molecule has 8 heteroatoms. The van der Waals surface area contributed by atoms with Gasteiger partial charge in [0.05, 0.1) is 17.6 Å². The van der Waals surface area contributed by atoms with Crippen LogP contribution >= 0.6 is 0 Å². The summed E-state index contributed by atoms with van der Waals surface area (Å²) in [4.78, 5) is 42.2. The summed E-state index contributed by atoms with van der Waals surface area (Å²) in [5.41, 5.74) is 2.39. The van der Waals surface area contributed by atoms with Crippen molar-refractivity contribution in [1.82, 2.24) is 24.8 Å². The summed E-state index contributed by atoms with van der Waals surface area (Å²) in [5, 5.41) is 2.98. The van der Waals surface area contributed by atoms with Crippen LogP contribution in [0.3, 0.4) is 0 Å². The summed E-state index contributed by atoms with van der Waals surface area (Å²) in [6.45, 7) is 1.95.